The number of piperidine rings is 1. The summed E-state index contributed by atoms with van der Waals surface area (Å²) in [5.74, 6) is 0.544. The molecule has 3 heterocycles. The van der Waals surface area contributed by atoms with Crippen LogP contribution in [0.1, 0.15) is 36.8 Å². The zero-order valence-corrected chi connectivity index (χ0v) is 18.5. The minimum absolute atomic E-state index is 0.100. The van der Waals surface area contributed by atoms with Crippen molar-refractivity contribution >= 4 is 11.0 Å². The van der Waals surface area contributed by atoms with E-state index in [1.807, 2.05) is 18.2 Å². The van der Waals surface area contributed by atoms with E-state index in [4.69, 9.17) is 9.37 Å². The molecule has 0 spiro atoms. The van der Waals surface area contributed by atoms with Crippen LogP contribution in [-0.2, 0) is 17.8 Å². The Labute approximate surface area is 188 Å². The molecule has 3 aromatic rings. The van der Waals surface area contributed by atoms with Crippen LogP contribution in [0.25, 0.3) is 11.0 Å². The summed E-state index contributed by atoms with van der Waals surface area (Å²) in [6.45, 7) is 6.51. The van der Waals surface area contributed by atoms with Gasteiger partial charge in [-0.05, 0) is 78.8 Å². The second kappa shape index (κ2) is 10.1. The number of benzene rings is 2. The third-order valence-corrected chi connectivity index (χ3v) is 6.79. The number of hydrogen-bond donors (Lipinski definition) is 0. The van der Waals surface area contributed by atoms with Gasteiger partial charge in [-0.25, -0.2) is 9.02 Å². The highest BCUT2D eigenvalue weighted by molar-refractivity contribution is 5.73. The van der Waals surface area contributed by atoms with Crippen LogP contribution in [0.5, 0.6) is 0 Å². The zero-order valence-electron chi connectivity index (χ0n) is 18.5. The smallest absolute Gasteiger partial charge is 0.135 e. The molecule has 0 N–H and O–H groups in total. The topological polar surface area (TPSA) is 54.6 Å². The van der Waals surface area contributed by atoms with Crippen LogP contribution in [0.4, 0.5) is 4.39 Å². The maximum Gasteiger partial charge on any atom is 0.135 e. The molecular formula is C25H31FN4O2. The number of ether oxygens (including phenoxy) is 1. The first kappa shape index (κ1) is 21.5. The van der Waals surface area contributed by atoms with Crippen molar-refractivity contribution in [2.75, 3.05) is 32.8 Å². The lowest BCUT2D eigenvalue weighted by molar-refractivity contribution is 0.0569. The molecule has 2 fully saturated rings. The van der Waals surface area contributed by atoms with Gasteiger partial charge in [-0.15, -0.1) is 0 Å². The molecular weight excluding hydrogens is 407 g/mol. The van der Waals surface area contributed by atoms with Gasteiger partial charge in [0.25, 0.3) is 0 Å². The molecule has 5 rings (SSSR count). The van der Waals surface area contributed by atoms with Gasteiger partial charge in [-0.2, -0.15) is 0 Å². The molecule has 2 aliphatic heterocycles. The number of fused-ring (bicyclic) bond motifs is 1. The largest absolute Gasteiger partial charge is 0.377 e. The van der Waals surface area contributed by atoms with Crippen molar-refractivity contribution in [1.82, 2.24) is 20.1 Å². The molecule has 0 unspecified atom stereocenters. The van der Waals surface area contributed by atoms with Gasteiger partial charge in [0.05, 0.1) is 6.10 Å². The Bertz CT molecular complexity index is 1010. The minimum atomic E-state index is -0.100. The summed E-state index contributed by atoms with van der Waals surface area (Å²) >= 11 is 0. The molecule has 0 saturated carbocycles. The summed E-state index contributed by atoms with van der Waals surface area (Å²) in [5, 5.41) is 7.90. The molecule has 2 saturated heterocycles. The highest BCUT2D eigenvalue weighted by atomic mass is 19.1. The van der Waals surface area contributed by atoms with Gasteiger partial charge >= 0.3 is 0 Å². The molecule has 170 valence electrons. The highest BCUT2D eigenvalue weighted by Gasteiger charge is 2.25. The van der Waals surface area contributed by atoms with E-state index >= 15 is 0 Å². The summed E-state index contributed by atoms with van der Waals surface area (Å²) in [7, 11) is 0. The van der Waals surface area contributed by atoms with Crippen molar-refractivity contribution in [3.8, 4) is 0 Å². The van der Waals surface area contributed by atoms with Crippen molar-refractivity contribution in [2.24, 2.45) is 5.92 Å². The quantitative estimate of drug-likeness (QED) is 0.524. The van der Waals surface area contributed by atoms with Crippen LogP contribution >= 0.6 is 0 Å². The molecule has 0 bridgehead atoms. The van der Waals surface area contributed by atoms with Crippen molar-refractivity contribution in [2.45, 2.75) is 44.9 Å². The van der Waals surface area contributed by atoms with Crippen LogP contribution in [0, 0.1) is 11.7 Å². The molecule has 0 amide bonds. The molecule has 2 aliphatic rings. The molecule has 1 aromatic heterocycles. The van der Waals surface area contributed by atoms with Crippen LogP contribution in [0.3, 0.4) is 0 Å². The maximum absolute atomic E-state index is 14.0. The summed E-state index contributed by atoms with van der Waals surface area (Å²) in [4.78, 5) is 4.92. The second-order valence-electron chi connectivity index (χ2n) is 9.23. The van der Waals surface area contributed by atoms with Crippen molar-refractivity contribution in [3.63, 3.8) is 0 Å². The average Bonchev–Trinajstić information content (AvgIpc) is 3.48. The summed E-state index contributed by atoms with van der Waals surface area (Å²) < 4.78 is 24.8. The number of aromatic nitrogens is 2. The first-order valence-electron chi connectivity index (χ1n) is 11.7. The Kier molecular flexibility index (Phi) is 6.76. The van der Waals surface area contributed by atoms with E-state index in [1.165, 1.54) is 5.56 Å². The summed E-state index contributed by atoms with van der Waals surface area (Å²) in [5.41, 5.74) is 3.62. The highest BCUT2D eigenvalue weighted by Crippen LogP contribution is 2.24. The molecule has 32 heavy (non-hydrogen) atoms. The van der Waals surface area contributed by atoms with E-state index < -0.39 is 0 Å². The standard InChI is InChI=1S/C25H31FN4O2/c26-23-6-2-1-4-21(23)17-29-11-9-19(10-12-29)15-30(18-22-5-3-13-31-22)16-20-7-8-24-25(14-20)28-32-27-24/h1-2,4,6-8,14,19,22H,3,5,9-13,15-18H2/t22-/m0/s1. The SMILES string of the molecule is Fc1ccccc1CN1CCC(CN(Cc2ccc3nonc3c2)C[C@@H]2CCCO2)CC1. The normalized spacial score (nSPS) is 20.5. The van der Waals surface area contributed by atoms with Crippen LogP contribution in [0.15, 0.2) is 47.1 Å². The fourth-order valence-electron chi connectivity index (χ4n) is 5.02. The van der Waals surface area contributed by atoms with Crippen LogP contribution < -0.4 is 0 Å². The third-order valence-electron chi connectivity index (χ3n) is 6.79. The lowest BCUT2D eigenvalue weighted by Gasteiger charge is -2.35. The van der Waals surface area contributed by atoms with E-state index in [-0.39, 0.29) is 5.82 Å². The lowest BCUT2D eigenvalue weighted by Crippen LogP contribution is -2.40. The van der Waals surface area contributed by atoms with Crippen molar-refractivity contribution < 1.29 is 13.8 Å². The molecule has 0 aliphatic carbocycles. The number of nitrogens with zero attached hydrogens (tertiary/aromatic N) is 4. The molecule has 6 nitrogen and oxygen atoms in total. The number of halogens is 1. The predicted molar refractivity (Wildman–Crippen MR) is 120 cm³/mol. The van der Waals surface area contributed by atoms with Gasteiger partial charge in [0.2, 0.25) is 0 Å². The van der Waals surface area contributed by atoms with Gasteiger partial charge < -0.3 is 4.74 Å². The Morgan fingerprint density at radius 3 is 2.66 bits per heavy atom. The lowest BCUT2D eigenvalue weighted by atomic mass is 9.95. The van der Waals surface area contributed by atoms with E-state index in [9.17, 15) is 4.39 Å². The van der Waals surface area contributed by atoms with Gasteiger partial charge in [0.15, 0.2) is 0 Å². The van der Waals surface area contributed by atoms with Gasteiger partial charge in [-0.3, -0.25) is 9.80 Å². The third kappa shape index (κ3) is 5.34. The van der Waals surface area contributed by atoms with E-state index in [2.05, 4.69) is 32.2 Å². The molecule has 2 aromatic carbocycles. The molecule has 1 atom stereocenters. The first-order chi connectivity index (χ1) is 15.7. The Morgan fingerprint density at radius 2 is 1.84 bits per heavy atom. The predicted octanol–water partition coefficient (Wildman–Crippen LogP) is 4.26. The Hall–Kier alpha value is -2.35. The monoisotopic (exact) mass is 438 g/mol. The number of hydrogen-bond acceptors (Lipinski definition) is 6. The van der Waals surface area contributed by atoms with E-state index in [0.717, 1.165) is 81.6 Å². The minimum Gasteiger partial charge on any atom is -0.377 e. The van der Waals surface area contributed by atoms with Gasteiger partial charge in [-0.1, -0.05) is 24.3 Å². The number of likely N-dealkylation sites (tertiary alicyclic amines) is 1. The summed E-state index contributed by atoms with van der Waals surface area (Å²) in [6, 6.07) is 13.3. The summed E-state index contributed by atoms with van der Waals surface area (Å²) in [6.07, 6.45) is 4.91. The Morgan fingerprint density at radius 1 is 1.00 bits per heavy atom. The molecule has 7 heteroatoms. The van der Waals surface area contributed by atoms with Crippen LogP contribution in [0.2, 0.25) is 0 Å². The van der Waals surface area contributed by atoms with E-state index in [0.29, 0.717) is 18.6 Å². The average molecular weight is 439 g/mol. The van der Waals surface area contributed by atoms with E-state index in [1.54, 1.807) is 12.1 Å². The maximum atomic E-state index is 14.0. The Balaban J connectivity index is 1.19. The van der Waals surface area contributed by atoms with Gasteiger partial charge in [0.1, 0.15) is 16.9 Å². The number of rotatable bonds is 8. The second-order valence-corrected chi connectivity index (χ2v) is 9.23. The fourth-order valence-corrected chi connectivity index (χ4v) is 5.02. The molecule has 0 radical (unpaired) electrons. The fraction of sp³-hybridized carbons (Fsp3) is 0.520. The zero-order chi connectivity index (χ0) is 21.8. The van der Waals surface area contributed by atoms with Crippen LogP contribution in [-0.4, -0.2) is 59.0 Å². The van der Waals surface area contributed by atoms with Crippen molar-refractivity contribution in [1.29, 1.82) is 0 Å². The van der Waals surface area contributed by atoms with Crippen molar-refractivity contribution in [3.05, 3.63) is 59.4 Å². The first-order valence-corrected chi connectivity index (χ1v) is 11.7. The van der Waals surface area contributed by atoms with Gasteiger partial charge in [0, 0.05) is 38.3 Å².